The Hall–Kier alpha value is -0.190. The number of rotatable bonds is 5. The summed E-state index contributed by atoms with van der Waals surface area (Å²) in [5, 5.41) is 13.1. The number of nitrogens with one attached hydrogen (secondary N) is 1. The number of hydrogen-bond acceptors (Lipinski definition) is 3. The Morgan fingerprint density at radius 2 is 2.20 bits per heavy atom. The highest BCUT2D eigenvalue weighted by Gasteiger charge is 2.05. The maximum absolute atomic E-state index is 9.81. The van der Waals surface area contributed by atoms with Gasteiger partial charge in [0.1, 0.15) is 5.75 Å². The van der Waals surface area contributed by atoms with Gasteiger partial charge in [-0.25, -0.2) is 0 Å². The van der Waals surface area contributed by atoms with E-state index in [-0.39, 0.29) is 0 Å². The molecule has 0 amide bonds. The minimum Gasteiger partial charge on any atom is -0.507 e. The summed E-state index contributed by atoms with van der Waals surface area (Å²) >= 11 is 5.24. The van der Waals surface area contributed by atoms with Gasteiger partial charge in [0.2, 0.25) is 0 Å². The van der Waals surface area contributed by atoms with Gasteiger partial charge in [-0.15, -0.1) is 0 Å². The second kappa shape index (κ2) is 6.40. The van der Waals surface area contributed by atoms with Gasteiger partial charge in [0, 0.05) is 28.9 Å². The Balaban J connectivity index is 2.60. The SMILES string of the molecule is CSCCNCc1cc(Br)cc(C)c1O. The van der Waals surface area contributed by atoms with E-state index in [2.05, 4.69) is 27.5 Å². The van der Waals surface area contributed by atoms with Crippen molar-refractivity contribution in [3.05, 3.63) is 27.7 Å². The van der Waals surface area contributed by atoms with Gasteiger partial charge in [-0.1, -0.05) is 15.9 Å². The molecule has 0 aromatic heterocycles. The van der Waals surface area contributed by atoms with Gasteiger partial charge in [-0.3, -0.25) is 0 Å². The van der Waals surface area contributed by atoms with Gasteiger partial charge in [-0.05, 0) is 30.9 Å². The number of phenolic OH excluding ortho intramolecular Hbond substituents is 1. The van der Waals surface area contributed by atoms with Gasteiger partial charge < -0.3 is 10.4 Å². The van der Waals surface area contributed by atoms with E-state index in [1.807, 2.05) is 30.8 Å². The first kappa shape index (κ1) is 12.9. The third kappa shape index (κ3) is 4.05. The number of benzene rings is 1. The zero-order valence-electron chi connectivity index (χ0n) is 9.01. The highest BCUT2D eigenvalue weighted by atomic mass is 79.9. The lowest BCUT2D eigenvalue weighted by Gasteiger charge is -2.09. The van der Waals surface area contributed by atoms with Crippen LogP contribution in [0.2, 0.25) is 0 Å². The molecule has 0 atom stereocenters. The predicted octanol–water partition coefficient (Wildman–Crippen LogP) is 2.92. The third-order valence-corrected chi connectivity index (χ3v) is 3.21. The average Bonchev–Trinajstić information content (AvgIpc) is 2.19. The Morgan fingerprint density at radius 3 is 2.87 bits per heavy atom. The molecule has 2 N–H and O–H groups in total. The van der Waals surface area contributed by atoms with Gasteiger partial charge in [0.25, 0.3) is 0 Å². The van der Waals surface area contributed by atoms with Crippen LogP contribution in [0.4, 0.5) is 0 Å². The van der Waals surface area contributed by atoms with E-state index in [1.54, 1.807) is 0 Å². The van der Waals surface area contributed by atoms with E-state index in [4.69, 9.17) is 0 Å². The Morgan fingerprint density at radius 1 is 1.47 bits per heavy atom. The van der Waals surface area contributed by atoms with Crippen LogP contribution < -0.4 is 5.32 Å². The molecule has 0 aliphatic carbocycles. The zero-order chi connectivity index (χ0) is 11.3. The highest BCUT2D eigenvalue weighted by molar-refractivity contribution is 9.10. The van der Waals surface area contributed by atoms with Crippen LogP contribution in [0.15, 0.2) is 16.6 Å². The lowest BCUT2D eigenvalue weighted by molar-refractivity contribution is 0.461. The fourth-order valence-corrected chi connectivity index (χ4v) is 2.31. The van der Waals surface area contributed by atoms with Crippen molar-refractivity contribution in [2.24, 2.45) is 0 Å². The van der Waals surface area contributed by atoms with Crippen molar-refractivity contribution < 1.29 is 5.11 Å². The molecule has 4 heteroatoms. The smallest absolute Gasteiger partial charge is 0.123 e. The zero-order valence-corrected chi connectivity index (χ0v) is 11.4. The molecule has 0 saturated carbocycles. The van der Waals surface area contributed by atoms with Crippen molar-refractivity contribution in [2.75, 3.05) is 18.6 Å². The summed E-state index contributed by atoms with van der Waals surface area (Å²) in [5.41, 5.74) is 1.86. The van der Waals surface area contributed by atoms with Crippen LogP contribution in [0.3, 0.4) is 0 Å². The second-order valence-corrected chi connectivity index (χ2v) is 5.30. The maximum Gasteiger partial charge on any atom is 0.123 e. The molecule has 0 aliphatic heterocycles. The molecule has 15 heavy (non-hydrogen) atoms. The molecule has 0 radical (unpaired) electrons. The summed E-state index contributed by atoms with van der Waals surface area (Å²) in [5.74, 6) is 1.49. The molecular formula is C11H16BrNOS. The van der Waals surface area contributed by atoms with Crippen LogP contribution in [0.25, 0.3) is 0 Å². The van der Waals surface area contributed by atoms with Crippen LogP contribution >= 0.6 is 27.7 Å². The van der Waals surface area contributed by atoms with E-state index in [9.17, 15) is 5.11 Å². The standard InChI is InChI=1S/C11H16BrNOS/c1-8-5-10(12)6-9(11(8)14)7-13-3-4-15-2/h5-6,13-14H,3-4,7H2,1-2H3. The molecule has 0 fully saturated rings. The molecule has 1 aromatic rings. The van der Waals surface area contributed by atoms with Crippen LogP contribution in [-0.2, 0) is 6.54 Å². The van der Waals surface area contributed by atoms with Crippen LogP contribution in [-0.4, -0.2) is 23.7 Å². The normalized spacial score (nSPS) is 10.6. The number of aromatic hydroxyl groups is 1. The quantitative estimate of drug-likeness (QED) is 0.818. The Bertz CT molecular complexity index is 331. The third-order valence-electron chi connectivity index (χ3n) is 2.14. The van der Waals surface area contributed by atoms with E-state index >= 15 is 0 Å². The summed E-state index contributed by atoms with van der Waals surface area (Å²) in [6, 6.07) is 3.87. The van der Waals surface area contributed by atoms with Gasteiger partial charge in [0.15, 0.2) is 0 Å². The van der Waals surface area contributed by atoms with E-state index in [0.29, 0.717) is 12.3 Å². The topological polar surface area (TPSA) is 32.3 Å². The minimum absolute atomic E-state index is 0.398. The first-order chi connectivity index (χ1) is 7.15. The van der Waals surface area contributed by atoms with Crippen molar-refractivity contribution in [1.29, 1.82) is 0 Å². The predicted molar refractivity (Wildman–Crippen MR) is 70.6 cm³/mol. The van der Waals surface area contributed by atoms with Crippen LogP contribution in [0, 0.1) is 6.92 Å². The molecule has 1 rings (SSSR count). The summed E-state index contributed by atoms with van der Waals surface area (Å²) in [6.07, 6.45) is 2.09. The molecule has 84 valence electrons. The van der Waals surface area contributed by atoms with Gasteiger partial charge >= 0.3 is 0 Å². The fraction of sp³-hybridized carbons (Fsp3) is 0.455. The van der Waals surface area contributed by atoms with Crippen molar-refractivity contribution in [3.8, 4) is 5.75 Å². The summed E-state index contributed by atoms with van der Waals surface area (Å²) < 4.78 is 1.01. The molecule has 2 nitrogen and oxygen atoms in total. The largest absolute Gasteiger partial charge is 0.507 e. The number of halogens is 1. The molecule has 0 heterocycles. The first-order valence-corrected chi connectivity index (χ1v) is 7.01. The summed E-state index contributed by atoms with van der Waals surface area (Å²) in [4.78, 5) is 0. The first-order valence-electron chi connectivity index (χ1n) is 4.82. The lowest BCUT2D eigenvalue weighted by Crippen LogP contribution is -2.16. The number of thioether (sulfide) groups is 1. The van der Waals surface area contributed by atoms with Crippen molar-refractivity contribution in [1.82, 2.24) is 5.32 Å². The number of aryl methyl sites for hydroxylation is 1. The van der Waals surface area contributed by atoms with E-state index in [1.165, 1.54) is 0 Å². The van der Waals surface area contributed by atoms with Crippen molar-refractivity contribution in [3.63, 3.8) is 0 Å². The average molecular weight is 290 g/mol. The van der Waals surface area contributed by atoms with Crippen molar-refractivity contribution >= 4 is 27.7 Å². The van der Waals surface area contributed by atoms with Crippen molar-refractivity contribution in [2.45, 2.75) is 13.5 Å². The van der Waals surface area contributed by atoms with E-state index < -0.39 is 0 Å². The maximum atomic E-state index is 9.81. The van der Waals surface area contributed by atoms with Crippen LogP contribution in [0.1, 0.15) is 11.1 Å². The summed E-state index contributed by atoms with van der Waals surface area (Å²) in [7, 11) is 0. The lowest BCUT2D eigenvalue weighted by atomic mass is 10.1. The molecule has 0 bridgehead atoms. The fourth-order valence-electron chi connectivity index (χ4n) is 1.34. The molecule has 0 aliphatic rings. The highest BCUT2D eigenvalue weighted by Crippen LogP contribution is 2.26. The number of hydrogen-bond donors (Lipinski definition) is 2. The molecule has 1 aromatic carbocycles. The second-order valence-electron chi connectivity index (χ2n) is 3.40. The summed E-state index contributed by atoms with van der Waals surface area (Å²) in [6.45, 7) is 3.59. The Kier molecular flexibility index (Phi) is 5.50. The Labute approximate surface area is 104 Å². The van der Waals surface area contributed by atoms with Gasteiger partial charge in [0.05, 0.1) is 0 Å². The molecule has 0 spiro atoms. The number of phenols is 1. The molecule has 0 unspecified atom stereocenters. The van der Waals surface area contributed by atoms with Crippen LogP contribution in [0.5, 0.6) is 5.75 Å². The molecule has 0 saturated heterocycles. The van der Waals surface area contributed by atoms with E-state index in [0.717, 1.165) is 27.9 Å². The minimum atomic E-state index is 0.398. The molecular weight excluding hydrogens is 274 g/mol. The van der Waals surface area contributed by atoms with Gasteiger partial charge in [-0.2, -0.15) is 11.8 Å². The monoisotopic (exact) mass is 289 g/mol.